The van der Waals surface area contributed by atoms with E-state index in [9.17, 15) is 5.11 Å². The Balaban J connectivity index is 2.52. The molecule has 1 aromatic heterocycles. The first kappa shape index (κ1) is 12.3. The molecule has 0 bridgehead atoms. The molecule has 0 saturated carbocycles. The van der Waals surface area contributed by atoms with E-state index in [4.69, 9.17) is 23.2 Å². The Labute approximate surface area is 109 Å². The molecule has 1 heterocycles. The number of rotatable bonds is 2. The second kappa shape index (κ2) is 4.61. The molecule has 5 heteroatoms. The van der Waals surface area contributed by atoms with Gasteiger partial charge in [0.15, 0.2) is 0 Å². The highest BCUT2D eigenvalue weighted by Crippen LogP contribution is 2.34. The largest absolute Gasteiger partial charge is 0.381 e. The Bertz CT molecular complexity index is 529. The van der Waals surface area contributed by atoms with Crippen LogP contribution in [0.4, 0.5) is 0 Å². The van der Waals surface area contributed by atoms with E-state index in [1.165, 1.54) is 6.33 Å². The molecule has 3 nitrogen and oxygen atoms in total. The van der Waals surface area contributed by atoms with Crippen LogP contribution in [-0.2, 0) is 5.60 Å². The van der Waals surface area contributed by atoms with Crippen LogP contribution in [0.2, 0.25) is 10.0 Å². The molecule has 0 aliphatic rings. The Kier molecular flexibility index (Phi) is 3.33. The minimum absolute atomic E-state index is 0.409. The van der Waals surface area contributed by atoms with Crippen LogP contribution in [-0.4, -0.2) is 15.1 Å². The van der Waals surface area contributed by atoms with Gasteiger partial charge in [0.05, 0.1) is 0 Å². The molecule has 1 N–H and O–H groups in total. The van der Waals surface area contributed by atoms with Crippen LogP contribution in [0, 0.1) is 0 Å². The van der Waals surface area contributed by atoms with E-state index < -0.39 is 5.60 Å². The van der Waals surface area contributed by atoms with Crippen molar-refractivity contribution < 1.29 is 5.11 Å². The molecule has 1 unspecified atom stereocenters. The monoisotopic (exact) mass is 268 g/mol. The van der Waals surface area contributed by atoms with E-state index in [1.807, 2.05) is 0 Å². The number of aromatic nitrogens is 2. The van der Waals surface area contributed by atoms with Crippen LogP contribution in [0.3, 0.4) is 0 Å². The number of nitrogens with zero attached hydrogens (tertiary/aromatic N) is 2. The van der Waals surface area contributed by atoms with Gasteiger partial charge >= 0.3 is 0 Å². The Hall–Kier alpha value is -1.16. The number of benzene rings is 1. The molecule has 2 rings (SSSR count). The van der Waals surface area contributed by atoms with Crippen LogP contribution < -0.4 is 0 Å². The zero-order valence-corrected chi connectivity index (χ0v) is 10.6. The zero-order valence-electron chi connectivity index (χ0n) is 9.06. The Morgan fingerprint density at radius 3 is 2.41 bits per heavy atom. The van der Waals surface area contributed by atoms with Gasteiger partial charge in [-0.1, -0.05) is 29.3 Å². The lowest BCUT2D eigenvalue weighted by Crippen LogP contribution is -2.23. The summed E-state index contributed by atoms with van der Waals surface area (Å²) in [6.45, 7) is 1.64. The number of hydrogen-bond acceptors (Lipinski definition) is 3. The van der Waals surface area contributed by atoms with E-state index in [1.54, 1.807) is 37.5 Å². The van der Waals surface area contributed by atoms with Gasteiger partial charge in [-0.05, 0) is 19.1 Å². The maximum Gasteiger partial charge on any atom is 0.116 e. The van der Waals surface area contributed by atoms with Crippen LogP contribution in [0.15, 0.2) is 36.9 Å². The van der Waals surface area contributed by atoms with Crippen molar-refractivity contribution in [1.82, 2.24) is 9.97 Å². The minimum atomic E-state index is -1.25. The van der Waals surface area contributed by atoms with E-state index in [0.29, 0.717) is 21.2 Å². The Morgan fingerprint density at radius 1 is 1.18 bits per heavy atom. The summed E-state index contributed by atoms with van der Waals surface area (Å²) in [5, 5.41) is 11.5. The van der Waals surface area contributed by atoms with E-state index in [0.717, 1.165) is 0 Å². The highest BCUT2D eigenvalue weighted by atomic mass is 35.5. The molecule has 88 valence electrons. The van der Waals surface area contributed by atoms with Crippen molar-refractivity contribution in [1.29, 1.82) is 0 Å². The molecule has 2 aromatic rings. The maximum absolute atomic E-state index is 10.5. The fraction of sp³-hybridized carbons (Fsp3) is 0.167. The van der Waals surface area contributed by atoms with E-state index >= 15 is 0 Å². The summed E-state index contributed by atoms with van der Waals surface area (Å²) in [5.41, 5.74) is -0.106. The topological polar surface area (TPSA) is 46.0 Å². The molecular weight excluding hydrogens is 259 g/mol. The van der Waals surface area contributed by atoms with Crippen molar-refractivity contribution in [2.24, 2.45) is 0 Å². The standard InChI is InChI=1S/C12H10Cl2N2O/c1-12(17,8-5-15-7-16-6-8)10-3-2-9(13)4-11(10)14/h2-7,17H,1H3. The maximum atomic E-state index is 10.5. The fourth-order valence-corrected chi connectivity index (χ4v) is 2.18. The zero-order chi connectivity index (χ0) is 12.5. The summed E-state index contributed by atoms with van der Waals surface area (Å²) in [6.07, 6.45) is 4.51. The molecule has 0 aliphatic heterocycles. The predicted molar refractivity (Wildman–Crippen MR) is 67.2 cm³/mol. The highest BCUT2D eigenvalue weighted by Gasteiger charge is 2.28. The van der Waals surface area contributed by atoms with Gasteiger partial charge in [-0.3, -0.25) is 0 Å². The van der Waals surface area contributed by atoms with Crippen LogP contribution in [0.1, 0.15) is 18.1 Å². The predicted octanol–water partition coefficient (Wildman–Crippen LogP) is 3.04. The third-order valence-corrected chi connectivity index (χ3v) is 3.13. The summed E-state index contributed by atoms with van der Waals surface area (Å²) in [7, 11) is 0. The highest BCUT2D eigenvalue weighted by molar-refractivity contribution is 6.35. The number of aliphatic hydroxyl groups is 1. The molecule has 0 fully saturated rings. The van der Waals surface area contributed by atoms with Gasteiger partial charge < -0.3 is 5.11 Å². The van der Waals surface area contributed by atoms with Crippen molar-refractivity contribution in [2.75, 3.05) is 0 Å². The van der Waals surface area contributed by atoms with Gasteiger partial charge in [0.2, 0.25) is 0 Å². The quantitative estimate of drug-likeness (QED) is 0.911. The van der Waals surface area contributed by atoms with Crippen molar-refractivity contribution in [2.45, 2.75) is 12.5 Å². The average molecular weight is 269 g/mol. The van der Waals surface area contributed by atoms with Gasteiger partial charge in [0.1, 0.15) is 11.9 Å². The van der Waals surface area contributed by atoms with Crippen molar-refractivity contribution in [3.63, 3.8) is 0 Å². The SMILES string of the molecule is CC(O)(c1cncnc1)c1ccc(Cl)cc1Cl. The Morgan fingerprint density at radius 2 is 1.82 bits per heavy atom. The van der Waals surface area contributed by atoms with Crippen LogP contribution in [0.5, 0.6) is 0 Å². The first-order valence-corrected chi connectivity index (χ1v) is 5.71. The van der Waals surface area contributed by atoms with Crippen molar-refractivity contribution in [3.05, 3.63) is 58.1 Å². The van der Waals surface area contributed by atoms with Gasteiger partial charge in [-0.2, -0.15) is 0 Å². The normalized spacial score (nSPS) is 14.4. The molecule has 17 heavy (non-hydrogen) atoms. The minimum Gasteiger partial charge on any atom is -0.381 e. The molecule has 0 spiro atoms. The summed E-state index contributed by atoms with van der Waals surface area (Å²) < 4.78 is 0. The van der Waals surface area contributed by atoms with Crippen LogP contribution in [0.25, 0.3) is 0 Å². The summed E-state index contributed by atoms with van der Waals surface area (Å²) in [4.78, 5) is 7.77. The summed E-state index contributed by atoms with van der Waals surface area (Å²) in [6, 6.07) is 4.97. The van der Waals surface area contributed by atoms with Crippen molar-refractivity contribution in [3.8, 4) is 0 Å². The average Bonchev–Trinajstić information content (AvgIpc) is 2.29. The number of halogens is 2. The second-order valence-corrected chi connectivity index (χ2v) is 4.67. The lowest BCUT2D eigenvalue weighted by atomic mass is 9.90. The molecular formula is C12H10Cl2N2O. The summed E-state index contributed by atoms with van der Waals surface area (Å²) in [5.74, 6) is 0. The van der Waals surface area contributed by atoms with Crippen molar-refractivity contribution >= 4 is 23.2 Å². The van der Waals surface area contributed by atoms with Gasteiger partial charge in [-0.15, -0.1) is 0 Å². The number of hydrogen-bond donors (Lipinski definition) is 1. The first-order valence-electron chi connectivity index (χ1n) is 4.95. The van der Waals surface area contributed by atoms with Gasteiger partial charge in [-0.25, -0.2) is 9.97 Å². The van der Waals surface area contributed by atoms with Gasteiger partial charge in [0, 0.05) is 33.6 Å². The first-order chi connectivity index (χ1) is 8.01. The molecule has 0 amide bonds. The fourth-order valence-electron chi connectivity index (χ4n) is 1.59. The lowest BCUT2D eigenvalue weighted by molar-refractivity contribution is 0.101. The van der Waals surface area contributed by atoms with Crippen LogP contribution >= 0.6 is 23.2 Å². The smallest absolute Gasteiger partial charge is 0.116 e. The molecule has 1 aromatic carbocycles. The molecule has 0 aliphatic carbocycles. The molecule has 1 atom stereocenters. The summed E-state index contributed by atoms with van der Waals surface area (Å²) >= 11 is 11.9. The van der Waals surface area contributed by atoms with E-state index in [2.05, 4.69) is 9.97 Å². The lowest BCUT2D eigenvalue weighted by Gasteiger charge is -2.24. The molecule has 0 saturated heterocycles. The third kappa shape index (κ3) is 2.41. The van der Waals surface area contributed by atoms with E-state index in [-0.39, 0.29) is 0 Å². The third-order valence-electron chi connectivity index (χ3n) is 2.58. The van der Waals surface area contributed by atoms with Gasteiger partial charge in [0.25, 0.3) is 0 Å². The molecule has 0 radical (unpaired) electrons. The second-order valence-electron chi connectivity index (χ2n) is 3.82.